The largest absolute Gasteiger partial charge is 0.333 e. The maximum absolute atomic E-state index is 12.2. The Hall–Kier alpha value is -1.75. The molecule has 4 nitrogen and oxygen atoms in total. The van der Waals surface area contributed by atoms with Gasteiger partial charge in [0, 0.05) is 30.9 Å². The van der Waals surface area contributed by atoms with Crippen molar-refractivity contribution in [2.45, 2.75) is 19.9 Å². The molecule has 0 N–H and O–H groups in total. The van der Waals surface area contributed by atoms with Gasteiger partial charge < -0.3 is 4.90 Å². The summed E-state index contributed by atoms with van der Waals surface area (Å²) < 4.78 is 0. The van der Waals surface area contributed by atoms with Gasteiger partial charge in [-0.05, 0) is 18.1 Å². The molecule has 2 heterocycles. The van der Waals surface area contributed by atoms with Crippen molar-refractivity contribution in [3.8, 4) is 0 Å². The van der Waals surface area contributed by atoms with Crippen LogP contribution in [0.5, 0.6) is 0 Å². The minimum atomic E-state index is -0.0121. The molecule has 5 heteroatoms. The second kappa shape index (κ2) is 6.26. The molecule has 0 aliphatic carbocycles. The van der Waals surface area contributed by atoms with Crippen LogP contribution < -0.4 is 0 Å². The van der Waals surface area contributed by atoms with Crippen LogP contribution in [0.1, 0.15) is 29.4 Å². The van der Waals surface area contributed by atoms with Crippen LogP contribution >= 0.6 is 11.3 Å². The Labute approximate surface area is 110 Å². The third-order valence-corrected chi connectivity index (χ3v) is 3.11. The summed E-state index contributed by atoms with van der Waals surface area (Å²) in [6.45, 7) is 3.37. The molecule has 0 bridgehead atoms. The van der Waals surface area contributed by atoms with E-state index in [0.717, 1.165) is 18.5 Å². The van der Waals surface area contributed by atoms with E-state index in [1.165, 1.54) is 11.3 Å². The number of rotatable bonds is 5. The second-order valence-corrected chi connectivity index (χ2v) is 4.68. The van der Waals surface area contributed by atoms with Crippen molar-refractivity contribution in [3.05, 3.63) is 46.7 Å². The Bertz CT molecular complexity index is 484. The average molecular weight is 261 g/mol. The number of carbonyl (C=O) groups is 1. The van der Waals surface area contributed by atoms with Crippen LogP contribution in [0.25, 0.3) is 0 Å². The zero-order valence-electron chi connectivity index (χ0n) is 10.2. The van der Waals surface area contributed by atoms with Crippen molar-refractivity contribution in [1.82, 2.24) is 14.9 Å². The van der Waals surface area contributed by atoms with Crippen molar-refractivity contribution in [2.75, 3.05) is 6.54 Å². The van der Waals surface area contributed by atoms with Crippen molar-refractivity contribution in [2.24, 2.45) is 0 Å². The van der Waals surface area contributed by atoms with Crippen molar-refractivity contribution >= 4 is 17.2 Å². The Morgan fingerprint density at radius 2 is 2.39 bits per heavy atom. The molecule has 0 fully saturated rings. The maximum atomic E-state index is 12.2. The summed E-state index contributed by atoms with van der Waals surface area (Å²) in [4.78, 5) is 22.2. The van der Waals surface area contributed by atoms with Gasteiger partial charge in [-0.1, -0.05) is 13.0 Å². The monoisotopic (exact) mass is 261 g/mol. The van der Waals surface area contributed by atoms with Crippen molar-refractivity contribution in [3.63, 3.8) is 0 Å². The average Bonchev–Trinajstić information content (AvgIpc) is 2.92. The fraction of sp³-hybridized carbons (Fsp3) is 0.308. The van der Waals surface area contributed by atoms with Gasteiger partial charge in [0.05, 0.1) is 5.51 Å². The molecule has 0 atom stereocenters. The predicted octanol–water partition coefficient (Wildman–Crippen LogP) is 2.59. The number of thiazole rings is 1. The van der Waals surface area contributed by atoms with Gasteiger partial charge >= 0.3 is 0 Å². The molecule has 94 valence electrons. The number of carbonyl (C=O) groups excluding carboxylic acids is 1. The number of aromatic nitrogens is 2. The van der Waals surface area contributed by atoms with Gasteiger partial charge in [0.1, 0.15) is 5.69 Å². The quantitative estimate of drug-likeness (QED) is 0.831. The third kappa shape index (κ3) is 3.13. The van der Waals surface area contributed by atoms with Gasteiger partial charge in [0.15, 0.2) is 0 Å². The number of amides is 1. The van der Waals surface area contributed by atoms with Gasteiger partial charge in [-0.3, -0.25) is 9.78 Å². The Balaban J connectivity index is 2.11. The molecular formula is C13H15N3OS. The lowest BCUT2D eigenvalue weighted by Crippen LogP contribution is -2.31. The predicted molar refractivity (Wildman–Crippen MR) is 71.4 cm³/mol. The van der Waals surface area contributed by atoms with Crippen molar-refractivity contribution < 1.29 is 4.79 Å². The summed E-state index contributed by atoms with van der Waals surface area (Å²) in [5, 5.41) is 1.79. The highest BCUT2D eigenvalue weighted by Crippen LogP contribution is 2.10. The highest BCUT2D eigenvalue weighted by molar-refractivity contribution is 7.07. The smallest absolute Gasteiger partial charge is 0.273 e. The lowest BCUT2D eigenvalue weighted by Gasteiger charge is -2.21. The summed E-state index contributed by atoms with van der Waals surface area (Å²) in [6.07, 6.45) is 4.45. The third-order valence-electron chi connectivity index (χ3n) is 2.53. The van der Waals surface area contributed by atoms with Gasteiger partial charge in [-0.25, -0.2) is 4.98 Å². The first kappa shape index (κ1) is 12.7. The van der Waals surface area contributed by atoms with Crippen LogP contribution in [0.2, 0.25) is 0 Å². The van der Waals surface area contributed by atoms with E-state index in [4.69, 9.17) is 0 Å². The number of hydrogen-bond donors (Lipinski definition) is 0. The molecule has 18 heavy (non-hydrogen) atoms. The maximum Gasteiger partial charge on any atom is 0.273 e. The van der Waals surface area contributed by atoms with Crippen LogP contribution in [0, 0.1) is 0 Å². The molecule has 1 amide bonds. The number of pyridine rings is 1. The van der Waals surface area contributed by atoms with Crippen LogP contribution in [0.15, 0.2) is 35.4 Å². The van der Waals surface area contributed by atoms with E-state index in [2.05, 4.69) is 16.9 Å². The van der Waals surface area contributed by atoms with Gasteiger partial charge in [0.2, 0.25) is 0 Å². The Morgan fingerprint density at radius 3 is 3.00 bits per heavy atom. The molecule has 0 saturated heterocycles. The van der Waals surface area contributed by atoms with Crippen LogP contribution in [-0.4, -0.2) is 27.3 Å². The zero-order valence-corrected chi connectivity index (χ0v) is 11.1. The summed E-state index contributed by atoms with van der Waals surface area (Å²) in [5.74, 6) is -0.0121. The molecule has 0 radical (unpaired) electrons. The Morgan fingerprint density at radius 1 is 1.50 bits per heavy atom. The van der Waals surface area contributed by atoms with Crippen LogP contribution in [-0.2, 0) is 6.54 Å². The standard InChI is InChI=1S/C13H15N3OS/c1-2-6-16(8-11-4-3-5-14-7-11)13(17)12-9-18-10-15-12/h3-5,7,9-10H,2,6,8H2,1H3. The molecule has 0 aromatic carbocycles. The van der Waals surface area contributed by atoms with E-state index in [0.29, 0.717) is 12.2 Å². The van der Waals surface area contributed by atoms with E-state index < -0.39 is 0 Å². The first-order chi connectivity index (χ1) is 8.81. The minimum Gasteiger partial charge on any atom is -0.333 e. The van der Waals surface area contributed by atoms with Gasteiger partial charge in [-0.15, -0.1) is 11.3 Å². The summed E-state index contributed by atoms with van der Waals surface area (Å²) in [5.41, 5.74) is 3.24. The molecular weight excluding hydrogens is 246 g/mol. The summed E-state index contributed by atoms with van der Waals surface area (Å²) in [6, 6.07) is 3.86. The second-order valence-electron chi connectivity index (χ2n) is 3.96. The van der Waals surface area contributed by atoms with E-state index in [9.17, 15) is 4.79 Å². The fourth-order valence-corrected chi connectivity index (χ4v) is 2.24. The molecule has 2 aromatic heterocycles. The molecule has 2 rings (SSSR count). The number of nitrogens with zero attached hydrogens (tertiary/aromatic N) is 3. The highest BCUT2D eigenvalue weighted by atomic mass is 32.1. The van der Waals surface area contributed by atoms with Crippen molar-refractivity contribution in [1.29, 1.82) is 0 Å². The normalized spacial score (nSPS) is 10.3. The molecule has 0 unspecified atom stereocenters. The molecule has 2 aromatic rings. The molecule has 0 aliphatic rings. The zero-order chi connectivity index (χ0) is 12.8. The van der Waals surface area contributed by atoms with Gasteiger partial charge in [-0.2, -0.15) is 0 Å². The topological polar surface area (TPSA) is 46.1 Å². The van der Waals surface area contributed by atoms with E-state index >= 15 is 0 Å². The molecule has 0 aliphatic heterocycles. The van der Waals surface area contributed by atoms with E-state index in [-0.39, 0.29) is 5.91 Å². The van der Waals surface area contributed by atoms with Crippen LogP contribution in [0.3, 0.4) is 0 Å². The van der Waals surface area contributed by atoms with E-state index in [1.54, 1.807) is 23.3 Å². The Kier molecular flexibility index (Phi) is 4.41. The highest BCUT2D eigenvalue weighted by Gasteiger charge is 2.16. The first-order valence-corrected chi connectivity index (χ1v) is 6.82. The number of hydrogen-bond acceptors (Lipinski definition) is 4. The molecule has 0 spiro atoms. The lowest BCUT2D eigenvalue weighted by molar-refractivity contribution is 0.0738. The fourth-order valence-electron chi connectivity index (χ4n) is 1.71. The van der Waals surface area contributed by atoms with Crippen LogP contribution in [0.4, 0.5) is 0 Å². The van der Waals surface area contributed by atoms with Gasteiger partial charge in [0.25, 0.3) is 5.91 Å². The summed E-state index contributed by atoms with van der Waals surface area (Å²) in [7, 11) is 0. The lowest BCUT2D eigenvalue weighted by atomic mass is 10.2. The first-order valence-electron chi connectivity index (χ1n) is 5.87. The molecule has 0 saturated carbocycles. The van der Waals surface area contributed by atoms with E-state index in [1.807, 2.05) is 17.0 Å². The minimum absolute atomic E-state index is 0.0121. The summed E-state index contributed by atoms with van der Waals surface area (Å²) >= 11 is 1.44. The SMILES string of the molecule is CCCN(Cc1cccnc1)C(=O)c1cscn1.